The predicted molar refractivity (Wildman–Crippen MR) is 205 cm³/mol. The molecule has 0 spiro atoms. The van der Waals surface area contributed by atoms with Gasteiger partial charge in [0.2, 0.25) is 0 Å². The normalized spacial score (nSPS) is 11.3. The van der Waals surface area contributed by atoms with Gasteiger partial charge in [-0.1, -0.05) is 140 Å². The first-order valence-corrected chi connectivity index (χ1v) is 17.8. The van der Waals surface area contributed by atoms with E-state index in [1.165, 1.54) is 66.1 Å². The molecule has 0 aliphatic heterocycles. The average molecular weight is 649 g/mol. The molecule has 9 aromatic rings. The quantitative estimate of drug-likeness (QED) is 0.168. The Balaban J connectivity index is 1.26. The zero-order chi connectivity index (χ0) is 31.9. The van der Waals surface area contributed by atoms with Crippen molar-refractivity contribution in [3.8, 4) is 67.0 Å². The third-order valence-corrected chi connectivity index (χ3v) is 10.3. The Morgan fingerprint density at radius 3 is 1.23 bits per heavy atom. The summed E-state index contributed by atoms with van der Waals surface area (Å²) < 4.78 is 0. The molecule has 0 aliphatic carbocycles. The van der Waals surface area contributed by atoms with Crippen LogP contribution < -0.4 is 0 Å². The summed E-state index contributed by atoms with van der Waals surface area (Å²) in [5, 5.41) is 9.15. The summed E-state index contributed by atoms with van der Waals surface area (Å²) in [6, 6.07) is 53.1. The lowest BCUT2D eigenvalue weighted by atomic mass is 9.84. The van der Waals surface area contributed by atoms with Crippen molar-refractivity contribution in [2.75, 3.05) is 0 Å². The second-order valence-electron chi connectivity index (χ2n) is 11.9. The molecule has 2 aromatic heterocycles. The van der Waals surface area contributed by atoms with Crippen molar-refractivity contribution in [2.45, 2.75) is 0 Å². The van der Waals surface area contributed by atoms with Crippen LogP contribution >= 0.6 is 22.7 Å². The number of hydrogen-bond donors (Lipinski definition) is 0. The van der Waals surface area contributed by atoms with Gasteiger partial charge in [-0.3, -0.25) is 0 Å². The summed E-state index contributed by atoms with van der Waals surface area (Å²) in [4.78, 5) is 9.07. The van der Waals surface area contributed by atoms with Gasteiger partial charge in [-0.25, -0.2) is 9.97 Å². The van der Waals surface area contributed by atoms with Crippen LogP contribution in [-0.4, -0.2) is 9.97 Å². The Hall–Kier alpha value is -5.68. The highest BCUT2D eigenvalue weighted by Crippen LogP contribution is 2.45. The van der Waals surface area contributed by atoms with Crippen molar-refractivity contribution >= 4 is 44.2 Å². The molecule has 0 saturated carbocycles. The van der Waals surface area contributed by atoms with Gasteiger partial charge in [0.25, 0.3) is 0 Å². The lowest BCUT2D eigenvalue weighted by molar-refractivity contribution is 1.41. The third-order valence-electron chi connectivity index (χ3n) is 9.15. The Bertz CT molecular complexity index is 2500. The first kappa shape index (κ1) is 28.5. The van der Waals surface area contributed by atoms with E-state index in [9.17, 15) is 0 Å². The van der Waals surface area contributed by atoms with E-state index in [-0.39, 0.29) is 0 Å². The fourth-order valence-corrected chi connectivity index (χ4v) is 7.91. The highest BCUT2D eigenvalue weighted by atomic mass is 32.1. The predicted octanol–water partition coefficient (Wildman–Crippen LogP) is 12.9. The molecule has 0 atom stereocenters. The van der Waals surface area contributed by atoms with E-state index in [0.717, 1.165) is 22.5 Å². The smallest absolute Gasteiger partial charge is 0.0811 e. The molecule has 0 amide bonds. The average Bonchev–Trinajstić information content (AvgIpc) is 3.91. The van der Waals surface area contributed by atoms with Gasteiger partial charge in [0.1, 0.15) is 0 Å². The Kier molecular flexibility index (Phi) is 7.23. The van der Waals surface area contributed by atoms with Crippen molar-refractivity contribution in [1.29, 1.82) is 0 Å². The zero-order valence-electron chi connectivity index (χ0n) is 25.9. The van der Waals surface area contributed by atoms with E-state index >= 15 is 0 Å². The molecule has 226 valence electrons. The van der Waals surface area contributed by atoms with E-state index in [1.807, 2.05) is 11.0 Å². The largest absolute Gasteiger partial charge is 0.245 e. The van der Waals surface area contributed by atoms with Crippen LogP contribution in [0.1, 0.15) is 0 Å². The molecule has 0 unspecified atom stereocenters. The monoisotopic (exact) mass is 648 g/mol. The fourth-order valence-electron chi connectivity index (χ4n) is 6.79. The van der Waals surface area contributed by atoms with Gasteiger partial charge >= 0.3 is 0 Å². The Morgan fingerprint density at radius 1 is 0.312 bits per heavy atom. The molecule has 0 N–H and O–H groups in total. The first-order chi connectivity index (χ1) is 23.8. The lowest BCUT2D eigenvalue weighted by Crippen LogP contribution is -1.92. The summed E-state index contributed by atoms with van der Waals surface area (Å²) in [7, 11) is 0. The molecule has 4 heteroatoms. The Labute approximate surface area is 287 Å². The van der Waals surface area contributed by atoms with Gasteiger partial charge in [-0.05, 0) is 72.1 Å². The summed E-state index contributed by atoms with van der Waals surface area (Å²) in [5.74, 6) is 0. The van der Waals surface area contributed by atoms with Gasteiger partial charge in [0.05, 0.1) is 22.4 Å². The maximum Gasteiger partial charge on any atom is 0.0811 e. The number of thiazole rings is 2. The van der Waals surface area contributed by atoms with Gasteiger partial charge in [0.15, 0.2) is 0 Å². The summed E-state index contributed by atoms with van der Waals surface area (Å²) >= 11 is 3.25. The number of nitrogens with zero attached hydrogens (tertiary/aromatic N) is 2. The number of hydrogen-bond acceptors (Lipinski definition) is 4. The number of benzene rings is 7. The molecule has 7 aromatic carbocycles. The SMILES string of the molecule is c1ccc(-c2ccc(-c3ccc4c(-c5ccc(-c6cscn6)cc5)c5ccccc5c(-c5ccc(-c6cscn6)cc5)c4c3)cc2)cc1. The van der Waals surface area contributed by atoms with Crippen molar-refractivity contribution in [2.24, 2.45) is 0 Å². The molecule has 9 rings (SSSR count). The molecule has 2 nitrogen and oxygen atoms in total. The number of rotatable bonds is 6. The van der Waals surface area contributed by atoms with Crippen molar-refractivity contribution in [3.63, 3.8) is 0 Å². The minimum Gasteiger partial charge on any atom is -0.245 e. The molecule has 0 fully saturated rings. The summed E-state index contributed by atoms with van der Waals surface area (Å²) in [6.45, 7) is 0. The molecular formula is C44H28N2S2. The van der Waals surface area contributed by atoms with Gasteiger partial charge in [-0.2, -0.15) is 0 Å². The molecule has 0 radical (unpaired) electrons. The van der Waals surface area contributed by atoms with Crippen LogP contribution in [0, 0.1) is 0 Å². The van der Waals surface area contributed by atoms with E-state index in [0.29, 0.717) is 0 Å². The van der Waals surface area contributed by atoms with Crippen LogP contribution in [0.3, 0.4) is 0 Å². The molecule has 0 aliphatic rings. The minimum atomic E-state index is 1.01. The van der Waals surface area contributed by atoms with E-state index in [1.54, 1.807) is 22.7 Å². The van der Waals surface area contributed by atoms with Crippen LogP contribution in [0.25, 0.3) is 88.6 Å². The van der Waals surface area contributed by atoms with E-state index in [2.05, 4.69) is 166 Å². The topological polar surface area (TPSA) is 25.8 Å². The maximum atomic E-state index is 4.54. The summed E-state index contributed by atoms with van der Waals surface area (Å²) in [5.41, 5.74) is 17.8. The maximum absolute atomic E-state index is 4.54. The van der Waals surface area contributed by atoms with Crippen LogP contribution in [0.5, 0.6) is 0 Å². The van der Waals surface area contributed by atoms with E-state index in [4.69, 9.17) is 0 Å². The van der Waals surface area contributed by atoms with E-state index < -0.39 is 0 Å². The van der Waals surface area contributed by atoms with Gasteiger partial charge in [-0.15, -0.1) is 22.7 Å². The Morgan fingerprint density at radius 2 is 0.708 bits per heavy atom. The zero-order valence-corrected chi connectivity index (χ0v) is 27.5. The van der Waals surface area contributed by atoms with Crippen molar-refractivity contribution < 1.29 is 0 Å². The van der Waals surface area contributed by atoms with Crippen LogP contribution in [0.2, 0.25) is 0 Å². The van der Waals surface area contributed by atoms with Gasteiger partial charge in [0, 0.05) is 21.9 Å². The first-order valence-electron chi connectivity index (χ1n) is 15.9. The number of fused-ring (bicyclic) bond motifs is 2. The molecule has 48 heavy (non-hydrogen) atoms. The molecule has 0 saturated heterocycles. The molecule has 0 bridgehead atoms. The third kappa shape index (κ3) is 5.12. The van der Waals surface area contributed by atoms with Crippen molar-refractivity contribution in [3.05, 3.63) is 167 Å². The second kappa shape index (κ2) is 12.2. The van der Waals surface area contributed by atoms with Gasteiger partial charge < -0.3 is 0 Å². The standard InChI is InChI=1S/C44H28N2S2/c1-2-6-29(7-3-1)30-10-12-31(13-11-30)36-22-23-39-40(24-36)44(35-20-16-33(17-21-35)42-26-48-28-46-42)38-9-5-4-8-37(38)43(39)34-18-14-32(15-19-34)41-25-47-27-45-41/h1-28H. The lowest BCUT2D eigenvalue weighted by Gasteiger charge is -2.19. The van der Waals surface area contributed by atoms with Crippen molar-refractivity contribution in [1.82, 2.24) is 9.97 Å². The second-order valence-corrected chi connectivity index (χ2v) is 13.3. The summed E-state index contributed by atoms with van der Waals surface area (Å²) in [6.07, 6.45) is 0. The van der Waals surface area contributed by atoms with Crippen LogP contribution in [0.15, 0.2) is 167 Å². The minimum absolute atomic E-state index is 1.01. The molecule has 2 heterocycles. The number of aromatic nitrogens is 2. The fraction of sp³-hybridized carbons (Fsp3) is 0. The van der Waals surface area contributed by atoms with Crippen LogP contribution in [-0.2, 0) is 0 Å². The van der Waals surface area contributed by atoms with Crippen LogP contribution in [0.4, 0.5) is 0 Å². The highest BCUT2D eigenvalue weighted by molar-refractivity contribution is 7.08. The molecular weight excluding hydrogens is 621 g/mol. The highest BCUT2D eigenvalue weighted by Gasteiger charge is 2.18.